The second kappa shape index (κ2) is 6.28. The normalized spacial score (nSPS) is 36.4. The van der Waals surface area contributed by atoms with E-state index >= 15 is 0 Å². The van der Waals surface area contributed by atoms with Gasteiger partial charge in [-0.15, -0.1) is 0 Å². The van der Waals surface area contributed by atoms with E-state index in [2.05, 4.69) is 34.3 Å². The van der Waals surface area contributed by atoms with E-state index in [1.54, 1.807) is 0 Å². The van der Waals surface area contributed by atoms with Crippen molar-refractivity contribution >= 4 is 0 Å². The Morgan fingerprint density at radius 2 is 2.05 bits per heavy atom. The minimum absolute atomic E-state index is 0.171. The molecule has 0 aromatic rings. The van der Waals surface area contributed by atoms with Gasteiger partial charge in [-0.1, -0.05) is 51.0 Å². The SMILES string of the molecule is C=C1CCC2C(C)(C)CCC[C@@]2(C)[C@@H]1CC/C(C)=C/CO. The summed E-state index contributed by atoms with van der Waals surface area (Å²) in [5.74, 6) is 1.51. The van der Waals surface area contributed by atoms with Crippen LogP contribution in [0.4, 0.5) is 0 Å². The van der Waals surface area contributed by atoms with Crippen molar-refractivity contribution in [3.05, 3.63) is 23.8 Å². The van der Waals surface area contributed by atoms with Crippen LogP contribution in [0.25, 0.3) is 0 Å². The van der Waals surface area contributed by atoms with E-state index in [0.717, 1.165) is 12.3 Å². The highest BCUT2D eigenvalue weighted by molar-refractivity contribution is 5.16. The maximum Gasteiger partial charge on any atom is 0.0614 e. The van der Waals surface area contributed by atoms with Gasteiger partial charge in [0.25, 0.3) is 0 Å². The lowest BCUT2D eigenvalue weighted by Gasteiger charge is -2.58. The molecule has 2 fully saturated rings. The lowest BCUT2D eigenvalue weighted by molar-refractivity contribution is -0.0539. The van der Waals surface area contributed by atoms with Crippen LogP contribution in [-0.2, 0) is 0 Å². The Morgan fingerprint density at radius 3 is 2.71 bits per heavy atom. The molecular weight excluding hydrogens is 256 g/mol. The minimum atomic E-state index is 0.171. The topological polar surface area (TPSA) is 20.2 Å². The van der Waals surface area contributed by atoms with Gasteiger partial charge in [-0.05, 0) is 68.1 Å². The molecule has 21 heavy (non-hydrogen) atoms. The van der Waals surface area contributed by atoms with Crippen molar-refractivity contribution in [3.8, 4) is 0 Å². The molecule has 2 aliphatic rings. The van der Waals surface area contributed by atoms with Gasteiger partial charge in [-0.3, -0.25) is 0 Å². The first-order valence-electron chi connectivity index (χ1n) is 8.75. The molecule has 0 aliphatic heterocycles. The quantitative estimate of drug-likeness (QED) is 0.677. The third kappa shape index (κ3) is 3.28. The summed E-state index contributed by atoms with van der Waals surface area (Å²) in [6.45, 7) is 14.3. The molecule has 0 bridgehead atoms. The number of hydrogen-bond acceptors (Lipinski definition) is 1. The third-order valence-corrected chi connectivity index (χ3v) is 6.59. The molecule has 0 amide bonds. The van der Waals surface area contributed by atoms with Gasteiger partial charge in [0, 0.05) is 0 Å². The van der Waals surface area contributed by atoms with Crippen molar-refractivity contribution in [1.29, 1.82) is 0 Å². The zero-order chi connectivity index (χ0) is 15.7. The summed E-state index contributed by atoms with van der Waals surface area (Å²) in [7, 11) is 0. The van der Waals surface area contributed by atoms with Crippen LogP contribution in [0, 0.1) is 22.7 Å². The number of allylic oxidation sites excluding steroid dienone is 2. The van der Waals surface area contributed by atoms with Gasteiger partial charge in [0.1, 0.15) is 0 Å². The molecule has 0 spiro atoms. The minimum Gasteiger partial charge on any atom is -0.392 e. The van der Waals surface area contributed by atoms with Crippen LogP contribution in [0.2, 0.25) is 0 Å². The Bertz CT molecular complexity index is 418. The van der Waals surface area contributed by atoms with E-state index in [9.17, 15) is 0 Å². The van der Waals surface area contributed by atoms with Crippen molar-refractivity contribution in [2.45, 2.75) is 72.6 Å². The summed E-state index contributed by atoms with van der Waals surface area (Å²) < 4.78 is 0. The van der Waals surface area contributed by atoms with Crippen LogP contribution in [0.3, 0.4) is 0 Å². The second-order valence-corrected chi connectivity index (χ2v) is 8.42. The summed E-state index contributed by atoms with van der Waals surface area (Å²) in [6, 6.07) is 0. The molecule has 0 radical (unpaired) electrons. The molecule has 1 N–H and O–H groups in total. The van der Waals surface area contributed by atoms with Gasteiger partial charge in [-0.2, -0.15) is 0 Å². The highest BCUT2D eigenvalue weighted by atomic mass is 16.2. The molecule has 1 nitrogen and oxygen atoms in total. The largest absolute Gasteiger partial charge is 0.392 e. The van der Waals surface area contributed by atoms with Crippen molar-refractivity contribution < 1.29 is 5.11 Å². The van der Waals surface area contributed by atoms with Crippen molar-refractivity contribution in [2.24, 2.45) is 22.7 Å². The Balaban J connectivity index is 2.17. The third-order valence-electron chi connectivity index (χ3n) is 6.59. The fraction of sp³-hybridized carbons (Fsp3) is 0.800. The molecular formula is C20H34O. The fourth-order valence-electron chi connectivity index (χ4n) is 5.44. The van der Waals surface area contributed by atoms with E-state index in [-0.39, 0.29) is 6.61 Å². The van der Waals surface area contributed by atoms with Gasteiger partial charge in [0.15, 0.2) is 0 Å². The Kier molecular flexibility index (Phi) is 5.03. The lowest BCUT2D eigenvalue weighted by Crippen LogP contribution is -2.49. The molecule has 2 aliphatic carbocycles. The van der Waals surface area contributed by atoms with Gasteiger partial charge in [0.05, 0.1) is 6.61 Å². The molecule has 0 saturated heterocycles. The molecule has 2 rings (SSSR count). The lowest BCUT2D eigenvalue weighted by atomic mass is 9.47. The number of aliphatic hydroxyl groups is 1. The first-order valence-corrected chi connectivity index (χ1v) is 8.75. The van der Waals surface area contributed by atoms with E-state index in [4.69, 9.17) is 5.11 Å². The molecule has 120 valence electrons. The summed E-state index contributed by atoms with van der Waals surface area (Å²) in [6.07, 6.45) is 11.0. The van der Waals surface area contributed by atoms with E-state index < -0.39 is 0 Å². The van der Waals surface area contributed by atoms with E-state index in [1.165, 1.54) is 49.7 Å². The summed E-state index contributed by atoms with van der Waals surface area (Å²) in [5, 5.41) is 9.04. The average Bonchev–Trinajstić information content (AvgIpc) is 2.37. The summed E-state index contributed by atoms with van der Waals surface area (Å²) in [5.41, 5.74) is 3.74. The first kappa shape index (κ1) is 16.8. The van der Waals surface area contributed by atoms with Crippen LogP contribution in [-0.4, -0.2) is 11.7 Å². The van der Waals surface area contributed by atoms with E-state index in [1.807, 2.05) is 6.08 Å². The Hall–Kier alpha value is -0.560. The number of fused-ring (bicyclic) bond motifs is 1. The van der Waals surface area contributed by atoms with Gasteiger partial charge in [0.2, 0.25) is 0 Å². The molecule has 2 saturated carbocycles. The molecule has 1 unspecified atom stereocenters. The standard InChI is InChI=1S/C20H34O/c1-15(11-14-21)7-9-17-16(2)8-10-18-19(3,4)12-6-13-20(17,18)5/h11,17-18,21H,2,6-10,12-14H2,1,3-5H3/b15-11+/t17-,18?,20+/m1/s1. The smallest absolute Gasteiger partial charge is 0.0614 e. The van der Waals surface area contributed by atoms with Gasteiger partial charge in [-0.25, -0.2) is 0 Å². The summed E-state index contributed by atoms with van der Waals surface area (Å²) >= 11 is 0. The summed E-state index contributed by atoms with van der Waals surface area (Å²) in [4.78, 5) is 0. The zero-order valence-electron chi connectivity index (χ0n) is 14.5. The molecule has 3 atom stereocenters. The monoisotopic (exact) mass is 290 g/mol. The first-order chi connectivity index (χ1) is 9.81. The maximum atomic E-state index is 9.04. The average molecular weight is 290 g/mol. The Labute approximate surface area is 131 Å². The van der Waals surface area contributed by atoms with Crippen LogP contribution >= 0.6 is 0 Å². The second-order valence-electron chi connectivity index (χ2n) is 8.42. The van der Waals surface area contributed by atoms with Crippen LogP contribution in [0.5, 0.6) is 0 Å². The number of aliphatic hydroxyl groups excluding tert-OH is 1. The van der Waals surface area contributed by atoms with Crippen LogP contribution in [0.15, 0.2) is 23.8 Å². The van der Waals surface area contributed by atoms with Crippen LogP contribution in [0.1, 0.15) is 72.6 Å². The van der Waals surface area contributed by atoms with Crippen molar-refractivity contribution in [2.75, 3.05) is 6.61 Å². The highest BCUT2D eigenvalue weighted by Gasteiger charge is 2.52. The Morgan fingerprint density at radius 1 is 1.33 bits per heavy atom. The molecule has 0 aromatic carbocycles. The van der Waals surface area contributed by atoms with Gasteiger partial charge < -0.3 is 5.11 Å². The molecule has 0 aromatic heterocycles. The van der Waals surface area contributed by atoms with Crippen molar-refractivity contribution in [1.82, 2.24) is 0 Å². The predicted molar refractivity (Wildman–Crippen MR) is 91.2 cm³/mol. The molecule has 1 heteroatoms. The number of hydrogen-bond donors (Lipinski definition) is 1. The highest BCUT2D eigenvalue weighted by Crippen LogP contribution is 2.61. The number of rotatable bonds is 4. The fourth-order valence-corrected chi connectivity index (χ4v) is 5.44. The molecule has 0 heterocycles. The van der Waals surface area contributed by atoms with Crippen LogP contribution < -0.4 is 0 Å². The van der Waals surface area contributed by atoms with Crippen molar-refractivity contribution in [3.63, 3.8) is 0 Å². The predicted octanol–water partition coefficient (Wildman–Crippen LogP) is 5.50. The van der Waals surface area contributed by atoms with Gasteiger partial charge >= 0.3 is 0 Å². The van der Waals surface area contributed by atoms with E-state index in [0.29, 0.717) is 16.7 Å². The zero-order valence-corrected chi connectivity index (χ0v) is 14.5. The maximum absolute atomic E-state index is 9.04.